The van der Waals surface area contributed by atoms with Crippen LogP contribution in [0.4, 0.5) is 0 Å². The number of ketones is 2. The third-order valence-corrected chi connectivity index (χ3v) is 4.93. The summed E-state index contributed by atoms with van der Waals surface area (Å²) in [6, 6.07) is 0. The van der Waals surface area contributed by atoms with Gasteiger partial charge in [0.15, 0.2) is 11.6 Å². The topological polar surface area (TPSA) is 34.1 Å². The van der Waals surface area contributed by atoms with Crippen molar-refractivity contribution in [2.24, 2.45) is 23.2 Å². The van der Waals surface area contributed by atoms with Crippen molar-refractivity contribution in [3.8, 4) is 0 Å². The smallest absolute Gasteiger partial charge is 0.166 e. The highest BCUT2D eigenvalue weighted by molar-refractivity contribution is 6.12. The van der Waals surface area contributed by atoms with E-state index in [2.05, 4.69) is 19.9 Å². The molecule has 0 spiro atoms. The van der Waals surface area contributed by atoms with Crippen LogP contribution < -0.4 is 0 Å². The highest BCUT2D eigenvalue weighted by Gasteiger charge is 2.57. The second kappa shape index (κ2) is 2.98. The molecule has 0 amide bonds. The fourth-order valence-corrected chi connectivity index (χ4v) is 3.87. The molecule has 0 saturated carbocycles. The van der Waals surface area contributed by atoms with E-state index in [4.69, 9.17) is 0 Å². The average molecular weight is 230 g/mol. The van der Waals surface area contributed by atoms with E-state index in [1.165, 1.54) is 5.57 Å². The summed E-state index contributed by atoms with van der Waals surface area (Å²) in [5.74, 6) is 0.537. The molecule has 0 aromatic rings. The first kappa shape index (κ1) is 10.9. The number of rotatable bonds is 0. The Morgan fingerprint density at radius 2 is 1.88 bits per heavy atom. The van der Waals surface area contributed by atoms with Gasteiger partial charge in [0.2, 0.25) is 0 Å². The number of carbonyl (C=O) groups is 2. The largest absolute Gasteiger partial charge is 0.294 e. The maximum absolute atomic E-state index is 12.2. The summed E-state index contributed by atoms with van der Waals surface area (Å²) in [7, 11) is 0. The Labute approximate surface area is 102 Å². The van der Waals surface area contributed by atoms with E-state index in [1.54, 1.807) is 0 Å². The van der Waals surface area contributed by atoms with Crippen LogP contribution in [0.5, 0.6) is 0 Å². The molecule has 17 heavy (non-hydrogen) atoms. The third kappa shape index (κ3) is 1.11. The fourth-order valence-electron chi connectivity index (χ4n) is 3.87. The summed E-state index contributed by atoms with van der Waals surface area (Å²) in [5.41, 5.74) is 2.94. The Morgan fingerprint density at radius 3 is 2.53 bits per heavy atom. The Hall–Kier alpha value is -1.18. The normalized spacial score (nSPS) is 38.6. The van der Waals surface area contributed by atoms with Crippen LogP contribution in [0, 0.1) is 23.2 Å². The number of allylic oxidation sites excluding steroid dienone is 4. The second-order valence-corrected chi connectivity index (χ2v) is 6.30. The van der Waals surface area contributed by atoms with E-state index in [1.807, 2.05) is 13.8 Å². The molecule has 3 atom stereocenters. The zero-order chi connectivity index (χ0) is 12.5. The van der Waals surface area contributed by atoms with Crippen LogP contribution in [0.1, 0.15) is 34.1 Å². The van der Waals surface area contributed by atoms with Gasteiger partial charge in [0.05, 0.1) is 5.92 Å². The quantitative estimate of drug-likeness (QED) is 0.641. The van der Waals surface area contributed by atoms with Crippen molar-refractivity contribution in [3.05, 3.63) is 22.8 Å². The maximum atomic E-state index is 12.2. The van der Waals surface area contributed by atoms with Crippen molar-refractivity contribution in [1.29, 1.82) is 0 Å². The van der Waals surface area contributed by atoms with Crippen LogP contribution in [0.3, 0.4) is 0 Å². The van der Waals surface area contributed by atoms with Gasteiger partial charge in [-0.3, -0.25) is 9.59 Å². The highest BCUT2D eigenvalue weighted by Crippen LogP contribution is 2.59. The Bertz CT molecular complexity index is 505. The molecule has 0 aliphatic heterocycles. The van der Waals surface area contributed by atoms with E-state index in [0.717, 1.165) is 17.6 Å². The van der Waals surface area contributed by atoms with Crippen molar-refractivity contribution >= 4 is 11.6 Å². The minimum absolute atomic E-state index is 0.0200. The maximum Gasteiger partial charge on any atom is 0.166 e. The Morgan fingerprint density at radius 1 is 1.24 bits per heavy atom. The number of hydrogen-bond acceptors (Lipinski definition) is 2. The van der Waals surface area contributed by atoms with E-state index in [0.29, 0.717) is 0 Å². The van der Waals surface area contributed by atoms with Crippen LogP contribution in [0.25, 0.3) is 0 Å². The minimum atomic E-state index is -0.155. The van der Waals surface area contributed by atoms with Crippen molar-refractivity contribution < 1.29 is 9.59 Å². The minimum Gasteiger partial charge on any atom is -0.294 e. The molecule has 2 nitrogen and oxygen atoms in total. The summed E-state index contributed by atoms with van der Waals surface area (Å²) in [6.45, 7) is 8.21. The zero-order valence-corrected chi connectivity index (χ0v) is 10.8. The average Bonchev–Trinajstić information content (AvgIpc) is 2.76. The molecular weight excluding hydrogens is 212 g/mol. The second-order valence-electron chi connectivity index (χ2n) is 6.30. The predicted octanol–water partition coefficient (Wildman–Crippen LogP) is 2.69. The SMILES string of the molecule is CC1=CC2C(C1=O)C1=C(CC(C)C1=O)C2(C)C. The highest BCUT2D eigenvalue weighted by atomic mass is 16.1. The van der Waals surface area contributed by atoms with Crippen LogP contribution in [-0.2, 0) is 9.59 Å². The molecular formula is C15H18O2. The lowest BCUT2D eigenvalue weighted by molar-refractivity contribution is -0.123. The molecule has 0 fully saturated rings. The molecule has 3 aliphatic rings. The summed E-state index contributed by atoms with van der Waals surface area (Å²) < 4.78 is 0. The summed E-state index contributed by atoms with van der Waals surface area (Å²) >= 11 is 0. The molecule has 3 aliphatic carbocycles. The van der Waals surface area contributed by atoms with E-state index in [-0.39, 0.29) is 34.7 Å². The van der Waals surface area contributed by atoms with Crippen LogP contribution in [0.15, 0.2) is 22.8 Å². The van der Waals surface area contributed by atoms with Gasteiger partial charge in [-0.05, 0) is 24.3 Å². The molecule has 0 heterocycles. The first-order chi connectivity index (χ1) is 7.85. The number of hydrogen-bond donors (Lipinski definition) is 0. The van der Waals surface area contributed by atoms with Crippen molar-refractivity contribution in [2.45, 2.75) is 34.1 Å². The first-order valence-electron chi connectivity index (χ1n) is 6.36. The van der Waals surface area contributed by atoms with Crippen molar-refractivity contribution in [2.75, 3.05) is 0 Å². The monoisotopic (exact) mass is 230 g/mol. The van der Waals surface area contributed by atoms with Gasteiger partial charge < -0.3 is 0 Å². The molecule has 3 rings (SSSR count). The van der Waals surface area contributed by atoms with Gasteiger partial charge in [-0.15, -0.1) is 0 Å². The molecule has 0 bridgehead atoms. The van der Waals surface area contributed by atoms with Crippen molar-refractivity contribution in [1.82, 2.24) is 0 Å². The standard InChI is InChI=1S/C15H18O2/c1-7-5-9-11(13(7)16)12-10(15(9,3)4)6-8(2)14(12)17/h5,8-9,11H,6H2,1-4H3. The lowest BCUT2D eigenvalue weighted by atomic mass is 9.73. The fraction of sp³-hybridized carbons (Fsp3) is 0.600. The number of Topliss-reactive ketones (excluding diaryl/α,β-unsaturated/α-hetero) is 2. The predicted molar refractivity (Wildman–Crippen MR) is 65.3 cm³/mol. The molecule has 0 saturated heterocycles. The lowest BCUT2D eigenvalue weighted by Crippen LogP contribution is -2.28. The zero-order valence-electron chi connectivity index (χ0n) is 10.8. The number of fused-ring (bicyclic) bond motifs is 2. The van der Waals surface area contributed by atoms with E-state index >= 15 is 0 Å². The Kier molecular flexibility index (Phi) is 1.92. The van der Waals surface area contributed by atoms with Gasteiger partial charge in [0.25, 0.3) is 0 Å². The van der Waals surface area contributed by atoms with Crippen LogP contribution in [-0.4, -0.2) is 11.6 Å². The molecule has 0 aromatic carbocycles. The molecule has 3 unspecified atom stereocenters. The van der Waals surface area contributed by atoms with Gasteiger partial charge in [-0.25, -0.2) is 0 Å². The molecule has 2 heteroatoms. The summed E-state index contributed by atoms with van der Waals surface area (Å²) in [4.78, 5) is 24.5. The molecule has 0 N–H and O–H groups in total. The summed E-state index contributed by atoms with van der Waals surface area (Å²) in [6.07, 6.45) is 2.94. The number of carbonyl (C=O) groups excluding carboxylic acids is 2. The van der Waals surface area contributed by atoms with Crippen molar-refractivity contribution in [3.63, 3.8) is 0 Å². The third-order valence-electron chi connectivity index (χ3n) is 4.93. The molecule has 90 valence electrons. The van der Waals surface area contributed by atoms with Gasteiger partial charge in [-0.1, -0.05) is 32.4 Å². The summed E-state index contributed by atoms with van der Waals surface area (Å²) in [5, 5.41) is 0. The van der Waals surface area contributed by atoms with Crippen LogP contribution >= 0.6 is 0 Å². The lowest BCUT2D eigenvalue weighted by Gasteiger charge is -2.29. The van der Waals surface area contributed by atoms with Gasteiger partial charge in [0, 0.05) is 17.4 Å². The Balaban J connectivity index is 2.16. The molecule has 0 radical (unpaired) electrons. The van der Waals surface area contributed by atoms with Gasteiger partial charge in [0.1, 0.15) is 0 Å². The van der Waals surface area contributed by atoms with E-state index < -0.39 is 0 Å². The van der Waals surface area contributed by atoms with E-state index in [9.17, 15) is 9.59 Å². The van der Waals surface area contributed by atoms with Gasteiger partial charge >= 0.3 is 0 Å². The van der Waals surface area contributed by atoms with Crippen LogP contribution in [0.2, 0.25) is 0 Å². The van der Waals surface area contributed by atoms with Gasteiger partial charge in [-0.2, -0.15) is 0 Å². The first-order valence-corrected chi connectivity index (χ1v) is 6.36. The molecule has 0 aromatic heterocycles.